The summed E-state index contributed by atoms with van der Waals surface area (Å²) >= 11 is 4.89. The van der Waals surface area contributed by atoms with Gasteiger partial charge in [-0.25, -0.2) is 0 Å². The third kappa shape index (κ3) is 6.60. The molecule has 78 valence electrons. The van der Waals surface area contributed by atoms with Crippen LogP contribution in [0.1, 0.15) is 13.8 Å². The van der Waals surface area contributed by atoms with Gasteiger partial charge in [-0.2, -0.15) is 0 Å². The highest BCUT2D eigenvalue weighted by Crippen LogP contribution is 1.80. The Morgan fingerprint density at radius 3 is 2.46 bits per heavy atom. The average Bonchev–Trinajstić information content (AvgIpc) is 2.03. The van der Waals surface area contributed by atoms with Crippen LogP contribution in [0.25, 0.3) is 0 Å². The zero-order valence-electron chi connectivity index (χ0n) is 8.01. The third-order valence-corrected chi connectivity index (χ3v) is 1.59. The Hall–Kier alpha value is -0.550. The number of amides is 1. The van der Waals surface area contributed by atoms with Crippen LogP contribution in [0.15, 0.2) is 0 Å². The minimum atomic E-state index is -0.290. The van der Waals surface area contributed by atoms with Crippen molar-refractivity contribution < 1.29 is 4.79 Å². The van der Waals surface area contributed by atoms with Gasteiger partial charge in [0.2, 0.25) is 5.91 Å². The topological polar surface area (TPSA) is 53.2 Å². The van der Waals surface area contributed by atoms with E-state index in [1.54, 1.807) is 14.0 Å². The summed E-state index contributed by atoms with van der Waals surface area (Å²) in [6.45, 7) is 4.45. The number of carbonyl (C=O) groups excluding carboxylic acids is 1. The summed E-state index contributed by atoms with van der Waals surface area (Å²) in [4.78, 5) is 11.0. The molecule has 0 radical (unpaired) electrons. The van der Waals surface area contributed by atoms with E-state index in [0.29, 0.717) is 5.11 Å². The van der Waals surface area contributed by atoms with Gasteiger partial charge in [-0.3, -0.25) is 4.79 Å². The van der Waals surface area contributed by atoms with Crippen molar-refractivity contribution in [3.05, 3.63) is 0 Å². The molecule has 0 rings (SSSR count). The molecule has 0 heterocycles. The second-order valence-corrected chi connectivity index (χ2v) is 2.75. The quantitative estimate of drug-likeness (QED) is 0.594. The first-order valence-electron chi connectivity index (χ1n) is 3.87. The van der Waals surface area contributed by atoms with Crippen LogP contribution >= 0.6 is 24.6 Å². The standard InChI is InChI=1S/C7H15N3OS.ClH/c1-4-9-7(12)10-5(2)6(11)8-3;/h5H,4H2,1-3H3,(H,8,11)(H2,9,10,12);1H/t5-;/m1./s1. The lowest BCUT2D eigenvalue weighted by molar-refractivity contribution is -0.121. The number of halogens is 1. The Morgan fingerprint density at radius 1 is 1.54 bits per heavy atom. The summed E-state index contributed by atoms with van der Waals surface area (Å²) < 4.78 is 0. The van der Waals surface area contributed by atoms with E-state index >= 15 is 0 Å². The van der Waals surface area contributed by atoms with Crippen molar-refractivity contribution in [2.75, 3.05) is 13.6 Å². The van der Waals surface area contributed by atoms with E-state index in [1.807, 2.05) is 6.92 Å². The first-order chi connectivity index (χ1) is 5.61. The molecule has 0 aliphatic heterocycles. The van der Waals surface area contributed by atoms with Gasteiger partial charge < -0.3 is 16.0 Å². The van der Waals surface area contributed by atoms with Gasteiger partial charge in [0.05, 0.1) is 0 Å². The molecule has 0 aromatic heterocycles. The van der Waals surface area contributed by atoms with E-state index in [1.165, 1.54) is 0 Å². The predicted octanol–water partition coefficient (Wildman–Crippen LogP) is 0.0267. The van der Waals surface area contributed by atoms with Gasteiger partial charge in [-0.15, -0.1) is 12.4 Å². The zero-order chi connectivity index (χ0) is 9.56. The van der Waals surface area contributed by atoms with Gasteiger partial charge in [0.15, 0.2) is 5.11 Å². The number of likely N-dealkylation sites (N-methyl/N-ethyl adjacent to an activating group) is 1. The summed E-state index contributed by atoms with van der Waals surface area (Å²) in [5, 5.41) is 8.77. The molecule has 6 heteroatoms. The molecule has 0 saturated carbocycles. The molecule has 0 unspecified atom stereocenters. The van der Waals surface area contributed by atoms with Gasteiger partial charge >= 0.3 is 0 Å². The van der Waals surface area contributed by atoms with E-state index in [0.717, 1.165) is 6.54 Å². The fourth-order valence-electron chi connectivity index (χ4n) is 0.690. The molecule has 13 heavy (non-hydrogen) atoms. The molecule has 0 bridgehead atoms. The summed E-state index contributed by atoms with van der Waals surface area (Å²) in [7, 11) is 1.59. The lowest BCUT2D eigenvalue weighted by atomic mass is 10.3. The van der Waals surface area contributed by atoms with Gasteiger partial charge in [0.25, 0.3) is 0 Å². The van der Waals surface area contributed by atoms with Crippen molar-refractivity contribution in [1.82, 2.24) is 16.0 Å². The number of thiocarbonyl (C=S) groups is 1. The van der Waals surface area contributed by atoms with Crippen molar-refractivity contribution >= 4 is 35.6 Å². The van der Waals surface area contributed by atoms with Crippen LogP contribution < -0.4 is 16.0 Å². The minimum Gasteiger partial charge on any atom is -0.363 e. The van der Waals surface area contributed by atoms with Crippen molar-refractivity contribution in [2.45, 2.75) is 19.9 Å². The first kappa shape index (κ1) is 14.9. The molecule has 0 aliphatic carbocycles. The monoisotopic (exact) mass is 225 g/mol. The van der Waals surface area contributed by atoms with Crippen molar-refractivity contribution in [3.63, 3.8) is 0 Å². The molecule has 0 aromatic rings. The van der Waals surface area contributed by atoms with Crippen molar-refractivity contribution in [3.8, 4) is 0 Å². The van der Waals surface area contributed by atoms with E-state index in [-0.39, 0.29) is 24.4 Å². The van der Waals surface area contributed by atoms with Crippen LogP contribution in [0.3, 0.4) is 0 Å². The van der Waals surface area contributed by atoms with Crippen LogP contribution in [0.4, 0.5) is 0 Å². The minimum absolute atomic E-state index is 0. The molecular weight excluding hydrogens is 210 g/mol. The fourth-order valence-corrected chi connectivity index (χ4v) is 1.01. The average molecular weight is 226 g/mol. The van der Waals surface area contributed by atoms with E-state index < -0.39 is 0 Å². The third-order valence-electron chi connectivity index (χ3n) is 1.32. The highest BCUT2D eigenvalue weighted by atomic mass is 35.5. The molecule has 0 saturated heterocycles. The van der Waals surface area contributed by atoms with Gasteiger partial charge in [-0.1, -0.05) is 0 Å². The smallest absolute Gasteiger partial charge is 0.242 e. The summed E-state index contributed by atoms with van der Waals surface area (Å²) in [6.07, 6.45) is 0. The molecule has 0 fully saturated rings. The van der Waals surface area contributed by atoms with Gasteiger partial charge in [0.1, 0.15) is 6.04 Å². The maximum absolute atomic E-state index is 11.0. The normalized spacial score (nSPS) is 10.7. The van der Waals surface area contributed by atoms with E-state index in [9.17, 15) is 4.79 Å². The number of carbonyl (C=O) groups is 1. The van der Waals surface area contributed by atoms with Crippen LogP contribution in [0.2, 0.25) is 0 Å². The molecule has 1 atom stereocenters. The van der Waals surface area contributed by atoms with Crippen LogP contribution in [0, 0.1) is 0 Å². The second-order valence-electron chi connectivity index (χ2n) is 2.34. The summed E-state index contributed by atoms with van der Waals surface area (Å²) in [5.41, 5.74) is 0. The van der Waals surface area contributed by atoms with E-state index in [4.69, 9.17) is 12.2 Å². The molecular formula is C7H16ClN3OS. The first-order valence-corrected chi connectivity index (χ1v) is 4.28. The van der Waals surface area contributed by atoms with Crippen molar-refractivity contribution in [2.24, 2.45) is 0 Å². The second kappa shape index (κ2) is 8.07. The molecule has 0 spiro atoms. The summed E-state index contributed by atoms with van der Waals surface area (Å²) in [6, 6.07) is -0.290. The van der Waals surface area contributed by atoms with Crippen LogP contribution in [0.5, 0.6) is 0 Å². The Labute approximate surface area is 90.3 Å². The molecule has 4 nitrogen and oxygen atoms in total. The van der Waals surface area contributed by atoms with Gasteiger partial charge in [-0.05, 0) is 26.1 Å². The largest absolute Gasteiger partial charge is 0.363 e. The Bertz CT molecular complexity index is 177. The van der Waals surface area contributed by atoms with E-state index in [2.05, 4.69) is 16.0 Å². The number of nitrogens with one attached hydrogen (secondary N) is 3. The highest BCUT2D eigenvalue weighted by Gasteiger charge is 2.10. The highest BCUT2D eigenvalue weighted by molar-refractivity contribution is 7.80. The molecule has 0 aromatic carbocycles. The lowest BCUT2D eigenvalue weighted by Crippen LogP contribution is -2.47. The van der Waals surface area contributed by atoms with Crippen LogP contribution in [-0.4, -0.2) is 30.7 Å². The Morgan fingerprint density at radius 2 is 2.08 bits per heavy atom. The number of rotatable bonds is 3. The number of hydrogen-bond acceptors (Lipinski definition) is 2. The zero-order valence-corrected chi connectivity index (χ0v) is 9.64. The molecule has 1 amide bonds. The number of hydrogen-bond donors (Lipinski definition) is 3. The predicted molar refractivity (Wildman–Crippen MR) is 60.2 cm³/mol. The fraction of sp³-hybridized carbons (Fsp3) is 0.714. The Balaban J connectivity index is 0. The maximum Gasteiger partial charge on any atom is 0.242 e. The lowest BCUT2D eigenvalue weighted by Gasteiger charge is -2.14. The van der Waals surface area contributed by atoms with Crippen LogP contribution in [-0.2, 0) is 4.79 Å². The maximum atomic E-state index is 11.0. The SMILES string of the molecule is CCNC(=S)N[C@H](C)C(=O)NC.Cl. The molecule has 0 aliphatic rings. The van der Waals surface area contributed by atoms with Gasteiger partial charge in [0, 0.05) is 13.6 Å². The Kier molecular flexibility index (Phi) is 9.27. The summed E-state index contributed by atoms with van der Waals surface area (Å²) in [5.74, 6) is -0.0738. The van der Waals surface area contributed by atoms with Crippen molar-refractivity contribution in [1.29, 1.82) is 0 Å². The molecule has 3 N–H and O–H groups in total.